The molecular weight excluding hydrogens is 334 g/mol. The maximum absolute atomic E-state index is 12.1. The van der Waals surface area contributed by atoms with Crippen molar-refractivity contribution in [1.82, 2.24) is 4.72 Å². The topological polar surface area (TPSA) is 98.8 Å². The second kappa shape index (κ2) is 7.57. The zero-order chi connectivity index (χ0) is 16.9. The van der Waals surface area contributed by atoms with Crippen LogP contribution in [0.25, 0.3) is 0 Å². The van der Waals surface area contributed by atoms with Crippen molar-refractivity contribution in [3.05, 3.63) is 28.8 Å². The first-order valence-electron chi connectivity index (χ1n) is 6.24. The van der Waals surface area contributed by atoms with Gasteiger partial charge in [-0.25, -0.2) is 13.2 Å². The van der Waals surface area contributed by atoms with Gasteiger partial charge < -0.3 is 9.47 Å². The minimum Gasteiger partial charge on any atom is -0.465 e. The van der Waals surface area contributed by atoms with Crippen LogP contribution in [0.5, 0.6) is 0 Å². The van der Waals surface area contributed by atoms with Gasteiger partial charge >= 0.3 is 11.9 Å². The minimum absolute atomic E-state index is 0.116. The number of ether oxygens (including phenoxy) is 2. The molecule has 0 saturated heterocycles. The van der Waals surface area contributed by atoms with E-state index in [9.17, 15) is 18.0 Å². The number of methoxy groups -OCH3 is 1. The molecule has 0 atom stereocenters. The number of hydrogen-bond acceptors (Lipinski definition) is 6. The number of hydrogen-bond donors (Lipinski definition) is 1. The molecule has 22 heavy (non-hydrogen) atoms. The molecule has 0 aromatic heterocycles. The summed E-state index contributed by atoms with van der Waals surface area (Å²) in [5, 5.41) is -0.160. The van der Waals surface area contributed by atoms with Crippen molar-refractivity contribution < 1.29 is 27.5 Å². The van der Waals surface area contributed by atoms with E-state index in [2.05, 4.69) is 9.46 Å². The molecule has 0 spiro atoms. The lowest BCUT2D eigenvalue weighted by Crippen LogP contribution is -2.32. The molecule has 0 heterocycles. The van der Waals surface area contributed by atoms with Gasteiger partial charge in [-0.1, -0.05) is 11.6 Å². The summed E-state index contributed by atoms with van der Waals surface area (Å²) in [4.78, 5) is 22.4. The van der Waals surface area contributed by atoms with Crippen LogP contribution in [-0.2, 0) is 24.3 Å². The van der Waals surface area contributed by atoms with E-state index in [1.165, 1.54) is 19.2 Å². The summed E-state index contributed by atoms with van der Waals surface area (Å²) in [7, 11) is -2.81. The van der Waals surface area contributed by atoms with E-state index in [4.69, 9.17) is 16.3 Å². The molecule has 9 heteroatoms. The number of carbonyl (C=O) groups excluding carboxylic acids is 2. The molecule has 0 aliphatic rings. The Bertz CT molecular complexity index is 671. The molecule has 0 aliphatic heterocycles. The third-order valence-electron chi connectivity index (χ3n) is 2.42. The predicted molar refractivity (Wildman–Crippen MR) is 79.2 cm³/mol. The number of nitrogens with one attached hydrogen (secondary N) is 1. The van der Waals surface area contributed by atoms with Gasteiger partial charge in [-0.3, -0.25) is 4.79 Å². The van der Waals surface area contributed by atoms with Gasteiger partial charge in [0.05, 0.1) is 23.8 Å². The van der Waals surface area contributed by atoms with Gasteiger partial charge in [0.1, 0.15) is 11.4 Å². The normalized spacial score (nSPS) is 11.3. The van der Waals surface area contributed by atoms with Crippen LogP contribution >= 0.6 is 11.6 Å². The fraction of sp³-hybridized carbons (Fsp3) is 0.385. The monoisotopic (exact) mass is 349 g/mol. The standard InChI is InChI=1S/C13H16ClNO6S/c1-8(2)21-12(16)7-15-22(18,19)11-5-4-9(6-10(11)14)13(17)20-3/h4-6,8,15H,7H2,1-3H3. The minimum atomic E-state index is -4.01. The van der Waals surface area contributed by atoms with E-state index in [-0.39, 0.29) is 21.6 Å². The number of esters is 2. The Morgan fingerprint density at radius 1 is 1.32 bits per heavy atom. The van der Waals surface area contributed by atoms with Crippen LogP contribution < -0.4 is 4.72 Å². The number of rotatable bonds is 6. The number of carbonyl (C=O) groups is 2. The van der Waals surface area contributed by atoms with Crippen LogP contribution in [0.3, 0.4) is 0 Å². The van der Waals surface area contributed by atoms with Gasteiger partial charge in [0.2, 0.25) is 10.0 Å². The molecule has 1 aromatic carbocycles. The molecule has 1 aromatic rings. The van der Waals surface area contributed by atoms with Crippen LogP contribution in [0, 0.1) is 0 Å². The van der Waals surface area contributed by atoms with E-state index in [0.29, 0.717) is 0 Å². The molecule has 1 rings (SSSR count). The molecule has 0 aliphatic carbocycles. The van der Waals surface area contributed by atoms with Crippen LogP contribution in [0.4, 0.5) is 0 Å². The predicted octanol–water partition coefficient (Wildman–Crippen LogP) is 1.36. The van der Waals surface area contributed by atoms with Gasteiger partial charge in [0, 0.05) is 0 Å². The Kier molecular flexibility index (Phi) is 6.34. The van der Waals surface area contributed by atoms with E-state index in [0.717, 1.165) is 6.07 Å². The summed E-state index contributed by atoms with van der Waals surface area (Å²) in [6.07, 6.45) is -0.347. The lowest BCUT2D eigenvalue weighted by molar-refractivity contribution is -0.145. The largest absolute Gasteiger partial charge is 0.465 e. The fourth-order valence-electron chi connectivity index (χ4n) is 1.50. The number of sulfonamides is 1. The van der Waals surface area contributed by atoms with Gasteiger partial charge in [-0.2, -0.15) is 4.72 Å². The first-order chi connectivity index (χ1) is 10.2. The van der Waals surface area contributed by atoms with Crippen LogP contribution in [0.15, 0.2) is 23.1 Å². The van der Waals surface area contributed by atoms with Gasteiger partial charge in [0.15, 0.2) is 0 Å². The van der Waals surface area contributed by atoms with E-state index < -0.39 is 28.5 Å². The average Bonchev–Trinajstić information content (AvgIpc) is 2.43. The summed E-state index contributed by atoms with van der Waals surface area (Å²) in [5.74, 6) is -1.35. The van der Waals surface area contributed by atoms with Crippen molar-refractivity contribution in [2.24, 2.45) is 0 Å². The first-order valence-corrected chi connectivity index (χ1v) is 8.10. The van der Waals surface area contributed by atoms with Crippen molar-refractivity contribution >= 4 is 33.6 Å². The lowest BCUT2D eigenvalue weighted by atomic mass is 10.2. The quantitative estimate of drug-likeness (QED) is 0.778. The molecular formula is C13H16ClNO6S. The third kappa shape index (κ3) is 4.97. The molecule has 122 valence electrons. The number of halogens is 1. The Morgan fingerprint density at radius 3 is 2.45 bits per heavy atom. The van der Waals surface area contributed by atoms with Gasteiger partial charge in [0.25, 0.3) is 0 Å². The summed E-state index contributed by atoms with van der Waals surface area (Å²) >= 11 is 5.87. The SMILES string of the molecule is COC(=O)c1ccc(S(=O)(=O)NCC(=O)OC(C)C)c(Cl)c1. The highest BCUT2D eigenvalue weighted by Gasteiger charge is 2.21. The van der Waals surface area contributed by atoms with Gasteiger partial charge in [-0.05, 0) is 32.0 Å². The molecule has 0 bridgehead atoms. The Labute approximate surface area is 133 Å². The van der Waals surface area contributed by atoms with Crippen molar-refractivity contribution in [3.8, 4) is 0 Å². The Balaban J connectivity index is 2.90. The van der Waals surface area contributed by atoms with Crippen LogP contribution in [0.2, 0.25) is 5.02 Å². The van der Waals surface area contributed by atoms with Crippen molar-refractivity contribution in [3.63, 3.8) is 0 Å². The van der Waals surface area contributed by atoms with Crippen LogP contribution in [-0.4, -0.2) is 40.1 Å². The summed E-state index contributed by atoms with van der Waals surface area (Å²) in [6.45, 7) is 2.78. The summed E-state index contributed by atoms with van der Waals surface area (Å²) in [6, 6.07) is 3.60. The number of benzene rings is 1. The van der Waals surface area contributed by atoms with E-state index in [1.54, 1.807) is 13.8 Å². The maximum Gasteiger partial charge on any atom is 0.337 e. The third-order valence-corrected chi connectivity index (χ3v) is 4.30. The van der Waals surface area contributed by atoms with Crippen molar-refractivity contribution in [2.75, 3.05) is 13.7 Å². The van der Waals surface area contributed by atoms with E-state index in [1.807, 2.05) is 0 Å². The smallest absolute Gasteiger partial charge is 0.337 e. The molecule has 0 fully saturated rings. The highest BCUT2D eigenvalue weighted by Crippen LogP contribution is 2.22. The van der Waals surface area contributed by atoms with Crippen molar-refractivity contribution in [1.29, 1.82) is 0 Å². The molecule has 0 saturated carbocycles. The molecule has 0 radical (unpaired) electrons. The molecule has 0 unspecified atom stereocenters. The van der Waals surface area contributed by atoms with Crippen LogP contribution in [0.1, 0.15) is 24.2 Å². The zero-order valence-electron chi connectivity index (χ0n) is 12.3. The lowest BCUT2D eigenvalue weighted by Gasteiger charge is -2.10. The molecule has 1 N–H and O–H groups in total. The highest BCUT2D eigenvalue weighted by molar-refractivity contribution is 7.89. The van der Waals surface area contributed by atoms with E-state index >= 15 is 0 Å². The first kappa shape index (κ1) is 18.4. The van der Waals surface area contributed by atoms with Crippen molar-refractivity contribution in [2.45, 2.75) is 24.8 Å². The Hall–Kier alpha value is -1.64. The molecule has 7 nitrogen and oxygen atoms in total. The average molecular weight is 350 g/mol. The molecule has 0 amide bonds. The maximum atomic E-state index is 12.1. The fourth-order valence-corrected chi connectivity index (χ4v) is 3.01. The zero-order valence-corrected chi connectivity index (χ0v) is 13.8. The second-order valence-electron chi connectivity index (χ2n) is 4.50. The summed E-state index contributed by atoms with van der Waals surface area (Å²) < 4.78 is 35.6. The Morgan fingerprint density at radius 2 is 1.95 bits per heavy atom. The van der Waals surface area contributed by atoms with Gasteiger partial charge in [-0.15, -0.1) is 0 Å². The summed E-state index contributed by atoms with van der Waals surface area (Å²) in [5.41, 5.74) is 0.116. The highest BCUT2D eigenvalue weighted by atomic mass is 35.5. The second-order valence-corrected chi connectivity index (χ2v) is 6.64.